The van der Waals surface area contributed by atoms with Crippen LogP contribution in [0.5, 0.6) is 0 Å². The Bertz CT molecular complexity index is 829. The fourth-order valence-corrected chi connectivity index (χ4v) is 4.75. The highest BCUT2D eigenvalue weighted by atomic mass is 32.1. The number of benzene rings is 1. The molecule has 0 bridgehead atoms. The van der Waals surface area contributed by atoms with Crippen molar-refractivity contribution in [1.82, 2.24) is 9.80 Å². The molecule has 27 heavy (non-hydrogen) atoms. The summed E-state index contributed by atoms with van der Waals surface area (Å²) in [4.78, 5) is 30.4. The lowest BCUT2D eigenvalue weighted by Gasteiger charge is -2.38. The third kappa shape index (κ3) is 3.93. The van der Waals surface area contributed by atoms with Crippen LogP contribution in [0.1, 0.15) is 54.8 Å². The van der Waals surface area contributed by atoms with Crippen molar-refractivity contribution in [2.24, 2.45) is 0 Å². The summed E-state index contributed by atoms with van der Waals surface area (Å²) in [7, 11) is 0. The number of nitrogens with zero attached hydrogens (tertiary/aromatic N) is 2. The van der Waals surface area contributed by atoms with Crippen LogP contribution in [0.25, 0.3) is 0 Å². The molecule has 0 saturated carbocycles. The molecular formula is C22H28N2O2S. The van der Waals surface area contributed by atoms with Gasteiger partial charge in [0.05, 0.1) is 6.04 Å². The molecule has 2 atom stereocenters. The third-order valence-corrected chi connectivity index (χ3v) is 6.60. The molecule has 4 nitrogen and oxygen atoms in total. The Morgan fingerprint density at radius 1 is 1.26 bits per heavy atom. The number of amides is 2. The van der Waals surface area contributed by atoms with E-state index in [1.807, 2.05) is 30.9 Å². The first kappa shape index (κ1) is 19.6. The van der Waals surface area contributed by atoms with E-state index >= 15 is 0 Å². The summed E-state index contributed by atoms with van der Waals surface area (Å²) in [5.41, 5.74) is 3.58. The maximum atomic E-state index is 13.3. The number of thiophene rings is 1. The predicted octanol–water partition coefficient (Wildman–Crippen LogP) is 4.18. The van der Waals surface area contributed by atoms with E-state index in [-0.39, 0.29) is 30.4 Å². The molecule has 0 fully saturated rings. The summed E-state index contributed by atoms with van der Waals surface area (Å²) in [6.07, 6.45) is 1.72. The average molecular weight is 385 g/mol. The fourth-order valence-electron chi connectivity index (χ4n) is 3.85. The molecule has 3 rings (SSSR count). The molecule has 2 amide bonds. The average Bonchev–Trinajstić information content (AvgIpc) is 3.13. The van der Waals surface area contributed by atoms with Crippen LogP contribution >= 0.6 is 11.3 Å². The summed E-state index contributed by atoms with van der Waals surface area (Å²) in [5.74, 6) is -0.0195. The van der Waals surface area contributed by atoms with Crippen molar-refractivity contribution in [2.45, 2.75) is 52.6 Å². The van der Waals surface area contributed by atoms with Crippen molar-refractivity contribution >= 4 is 23.2 Å². The second-order valence-electron chi connectivity index (χ2n) is 7.30. The molecule has 0 aliphatic carbocycles. The number of aryl methyl sites for hydroxylation is 1. The van der Waals surface area contributed by atoms with E-state index in [0.717, 1.165) is 12.8 Å². The molecule has 2 heterocycles. The molecule has 1 aliphatic rings. The number of rotatable bonds is 5. The molecule has 1 aromatic carbocycles. The number of fused-ring (bicyclic) bond motifs is 1. The normalized spacial score (nSPS) is 17.3. The van der Waals surface area contributed by atoms with Crippen LogP contribution < -0.4 is 0 Å². The summed E-state index contributed by atoms with van der Waals surface area (Å²) in [5, 5.41) is 2.12. The largest absolute Gasteiger partial charge is 0.331 e. The van der Waals surface area contributed by atoms with E-state index in [4.69, 9.17) is 0 Å². The minimum Gasteiger partial charge on any atom is -0.331 e. The van der Waals surface area contributed by atoms with Gasteiger partial charge in [0.25, 0.3) is 0 Å². The highest BCUT2D eigenvalue weighted by Crippen LogP contribution is 2.39. The fraction of sp³-hybridized carbons (Fsp3) is 0.455. The highest BCUT2D eigenvalue weighted by molar-refractivity contribution is 7.10. The SMILES string of the molecule is CC[C@@H](C)N(CC(=O)N1CCc2sccc2[C@H]1c1ccccc1C)C(C)=O. The van der Waals surface area contributed by atoms with E-state index in [1.54, 1.807) is 23.2 Å². The maximum absolute atomic E-state index is 13.3. The molecule has 0 radical (unpaired) electrons. The molecule has 0 spiro atoms. The van der Waals surface area contributed by atoms with Gasteiger partial charge in [0.2, 0.25) is 11.8 Å². The van der Waals surface area contributed by atoms with E-state index in [0.29, 0.717) is 6.54 Å². The molecule has 2 aromatic rings. The standard InChI is InChI=1S/C22H28N2O2S/c1-5-16(3)24(17(4)25)14-21(26)23-12-10-20-19(11-13-27-20)22(23)18-9-7-6-8-15(18)2/h6-9,11,13,16,22H,5,10,12,14H2,1-4H3/t16-,22-/m1/s1. The molecule has 1 aromatic heterocycles. The van der Waals surface area contributed by atoms with Gasteiger partial charge in [0.1, 0.15) is 6.54 Å². The number of carbonyl (C=O) groups is 2. The quantitative estimate of drug-likeness (QED) is 0.776. The zero-order valence-corrected chi connectivity index (χ0v) is 17.4. The first-order chi connectivity index (χ1) is 12.9. The lowest BCUT2D eigenvalue weighted by Crippen LogP contribution is -2.48. The van der Waals surface area contributed by atoms with E-state index in [9.17, 15) is 9.59 Å². The molecular weight excluding hydrogens is 356 g/mol. The van der Waals surface area contributed by atoms with Gasteiger partial charge in [0, 0.05) is 24.4 Å². The lowest BCUT2D eigenvalue weighted by molar-refractivity contribution is -0.142. The second-order valence-corrected chi connectivity index (χ2v) is 8.30. The van der Waals surface area contributed by atoms with Crippen LogP contribution in [-0.4, -0.2) is 40.7 Å². The molecule has 0 unspecified atom stereocenters. The van der Waals surface area contributed by atoms with E-state index < -0.39 is 0 Å². The summed E-state index contributed by atoms with van der Waals surface area (Å²) >= 11 is 1.77. The van der Waals surface area contributed by atoms with E-state index in [2.05, 4.69) is 30.5 Å². The van der Waals surface area contributed by atoms with Crippen LogP contribution in [0.4, 0.5) is 0 Å². The summed E-state index contributed by atoms with van der Waals surface area (Å²) in [6, 6.07) is 10.4. The third-order valence-electron chi connectivity index (χ3n) is 5.60. The first-order valence-electron chi connectivity index (χ1n) is 9.62. The Labute approximate surface area is 165 Å². The van der Waals surface area contributed by atoms with Crippen molar-refractivity contribution in [3.8, 4) is 0 Å². The lowest BCUT2D eigenvalue weighted by atomic mass is 9.90. The minimum absolute atomic E-state index is 0.0237. The zero-order chi connectivity index (χ0) is 19.6. The van der Waals surface area contributed by atoms with Gasteiger partial charge in [-0.3, -0.25) is 9.59 Å². The van der Waals surface area contributed by atoms with E-state index in [1.165, 1.54) is 21.6 Å². The molecule has 1 aliphatic heterocycles. The Hall–Kier alpha value is -2.14. The van der Waals surface area contributed by atoms with Crippen LogP contribution in [-0.2, 0) is 16.0 Å². The highest BCUT2D eigenvalue weighted by Gasteiger charge is 2.34. The van der Waals surface area contributed by atoms with Gasteiger partial charge < -0.3 is 9.80 Å². The smallest absolute Gasteiger partial charge is 0.243 e. The Kier molecular flexibility index (Phi) is 6.00. The van der Waals surface area contributed by atoms with Gasteiger partial charge in [-0.05, 0) is 54.8 Å². The molecule has 144 valence electrons. The van der Waals surface area contributed by atoms with Gasteiger partial charge in [-0.25, -0.2) is 0 Å². The van der Waals surface area contributed by atoms with Crippen LogP contribution in [0.15, 0.2) is 35.7 Å². The van der Waals surface area contributed by atoms with Crippen molar-refractivity contribution in [3.05, 3.63) is 57.3 Å². The van der Waals surface area contributed by atoms with Crippen molar-refractivity contribution in [3.63, 3.8) is 0 Å². The minimum atomic E-state index is -0.0700. The van der Waals surface area contributed by atoms with Crippen LogP contribution in [0, 0.1) is 6.92 Å². The first-order valence-corrected chi connectivity index (χ1v) is 10.5. The molecule has 0 saturated heterocycles. The van der Waals surface area contributed by atoms with Crippen LogP contribution in [0.2, 0.25) is 0 Å². The van der Waals surface area contributed by atoms with Crippen molar-refractivity contribution in [1.29, 1.82) is 0 Å². The monoisotopic (exact) mass is 384 g/mol. The summed E-state index contributed by atoms with van der Waals surface area (Å²) < 4.78 is 0. The van der Waals surface area contributed by atoms with Gasteiger partial charge in [-0.2, -0.15) is 0 Å². The Morgan fingerprint density at radius 2 is 2.00 bits per heavy atom. The summed E-state index contributed by atoms with van der Waals surface area (Å²) in [6.45, 7) is 8.52. The molecule has 5 heteroatoms. The van der Waals surface area contributed by atoms with Gasteiger partial charge in [-0.1, -0.05) is 31.2 Å². The van der Waals surface area contributed by atoms with Crippen LogP contribution in [0.3, 0.4) is 0 Å². The zero-order valence-electron chi connectivity index (χ0n) is 16.6. The number of carbonyl (C=O) groups excluding carboxylic acids is 2. The number of hydrogen-bond acceptors (Lipinski definition) is 3. The maximum Gasteiger partial charge on any atom is 0.243 e. The topological polar surface area (TPSA) is 40.6 Å². The Morgan fingerprint density at radius 3 is 2.67 bits per heavy atom. The van der Waals surface area contributed by atoms with Crippen molar-refractivity contribution in [2.75, 3.05) is 13.1 Å². The predicted molar refractivity (Wildman–Crippen MR) is 110 cm³/mol. The van der Waals surface area contributed by atoms with Gasteiger partial charge >= 0.3 is 0 Å². The Balaban J connectivity index is 1.94. The second kappa shape index (κ2) is 8.26. The number of hydrogen-bond donors (Lipinski definition) is 0. The van der Waals surface area contributed by atoms with Gasteiger partial charge in [0.15, 0.2) is 0 Å². The van der Waals surface area contributed by atoms with Gasteiger partial charge in [-0.15, -0.1) is 11.3 Å². The van der Waals surface area contributed by atoms with Crippen molar-refractivity contribution < 1.29 is 9.59 Å². The molecule has 0 N–H and O–H groups in total.